The van der Waals surface area contributed by atoms with Crippen molar-refractivity contribution in [3.8, 4) is 0 Å². The van der Waals surface area contributed by atoms with Crippen molar-refractivity contribution < 1.29 is 19.4 Å². The number of benzene rings is 1. The molecule has 0 aromatic heterocycles. The van der Waals surface area contributed by atoms with Crippen LogP contribution in [0.5, 0.6) is 0 Å². The van der Waals surface area contributed by atoms with Gasteiger partial charge in [0.25, 0.3) is 5.91 Å². The van der Waals surface area contributed by atoms with Gasteiger partial charge in [0, 0.05) is 13.2 Å². The van der Waals surface area contributed by atoms with E-state index in [1.165, 1.54) is 0 Å². The summed E-state index contributed by atoms with van der Waals surface area (Å²) in [7, 11) is 0. The molecular formula is C17H23NO4. The molecule has 0 spiro atoms. The van der Waals surface area contributed by atoms with Crippen molar-refractivity contribution in [1.82, 2.24) is 5.32 Å². The van der Waals surface area contributed by atoms with Gasteiger partial charge in [0.2, 0.25) is 0 Å². The minimum absolute atomic E-state index is 0.113. The van der Waals surface area contributed by atoms with Crippen LogP contribution < -0.4 is 5.32 Å². The minimum Gasteiger partial charge on any atom is -0.481 e. The number of ether oxygens (including phenoxy) is 1. The van der Waals surface area contributed by atoms with Gasteiger partial charge in [-0.2, -0.15) is 0 Å². The van der Waals surface area contributed by atoms with E-state index in [9.17, 15) is 14.7 Å². The third kappa shape index (κ3) is 3.85. The van der Waals surface area contributed by atoms with Crippen LogP contribution in [0.4, 0.5) is 0 Å². The van der Waals surface area contributed by atoms with Crippen LogP contribution >= 0.6 is 0 Å². The Morgan fingerprint density at radius 3 is 2.73 bits per heavy atom. The maximum absolute atomic E-state index is 12.2. The van der Waals surface area contributed by atoms with Crippen molar-refractivity contribution in [2.45, 2.75) is 38.7 Å². The molecule has 0 radical (unpaired) electrons. The van der Waals surface area contributed by atoms with E-state index in [0.717, 1.165) is 17.5 Å². The number of hydrogen-bond donors (Lipinski definition) is 2. The number of nitrogens with one attached hydrogen (secondary N) is 1. The lowest BCUT2D eigenvalue weighted by Gasteiger charge is -2.23. The second-order valence-electron chi connectivity index (χ2n) is 6.06. The van der Waals surface area contributed by atoms with E-state index in [4.69, 9.17) is 4.74 Å². The van der Waals surface area contributed by atoms with Crippen LogP contribution in [0, 0.1) is 12.8 Å². The summed E-state index contributed by atoms with van der Waals surface area (Å²) in [4.78, 5) is 23.6. The second kappa shape index (κ2) is 6.92. The molecule has 5 nitrogen and oxygen atoms in total. The Bertz CT molecular complexity index is 549. The molecule has 1 saturated heterocycles. The monoisotopic (exact) mass is 305 g/mol. The number of amides is 1. The molecule has 5 heteroatoms. The summed E-state index contributed by atoms with van der Waals surface area (Å²) in [5.41, 5.74) is 1.24. The zero-order valence-corrected chi connectivity index (χ0v) is 13.1. The van der Waals surface area contributed by atoms with Crippen LogP contribution in [0.1, 0.15) is 30.9 Å². The molecule has 2 atom stereocenters. The summed E-state index contributed by atoms with van der Waals surface area (Å²) in [6.07, 6.45) is 1.93. The first-order chi connectivity index (χ1) is 10.4. The normalized spacial score (nSPS) is 22.3. The fourth-order valence-electron chi connectivity index (χ4n) is 2.71. The number of carboxylic acids is 1. The highest BCUT2D eigenvalue weighted by Crippen LogP contribution is 2.25. The summed E-state index contributed by atoms with van der Waals surface area (Å²) in [5.74, 6) is -1.77. The maximum atomic E-state index is 12.2. The molecule has 120 valence electrons. The van der Waals surface area contributed by atoms with Crippen molar-refractivity contribution in [3.63, 3.8) is 0 Å². The molecule has 0 saturated carbocycles. The van der Waals surface area contributed by atoms with E-state index in [-0.39, 0.29) is 12.5 Å². The Kier molecular flexibility index (Phi) is 5.19. The average molecular weight is 305 g/mol. The lowest BCUT2D eigenvalue weighted by atomic mass is 9.95. The highest BCUT2D eigenvalue weighted by molar-refractivity contribution is 5.85. The van der Waals surface area contributed by atoms with Gasteiger partial charge in [0.15, 0.2) is 0 Å². The fraction of sp³-hybridized carbons (Fsp3) is 0.529. The number of aryl methyl sites for hydroxylation is 1. The summed E-state index contributed by atoms with van der Waals surface area (Å²) < 4.78 is 5.47. The van der Waals surface area contributed by atoms with Gasteiger partial charge in [-0.1, -0.05) is 24.3 Å². The predicted octanol–water partition coefficient (Wildman–Crippen LogP) is 1.92. The number of carbonyl (C=O) groups excluding carboxylic acids is 1. The first-order valence-electron chi connectivity index (χ1n) is 7.62. The van der Waals surface area contributed by atoms with E-state index in [2.05, 4.69) is 5.32 Å². The van der Waals surface area contributed by atoms with E-state index in [0.29, 0.717) is 19.4 Å². The summed E-state index contributed by atoms with van der Waals surface area (Å²) in [6, 6.07) is 7.70. The molecule has 2 rings (SSSR count). The quantitative estimate of drug-likeness (QED) is 0.842. The molecule has 2 N–H and O–H groups in total. The lowest BCUT2D eigenvalue weighted by Crippen LogP contribution is -2.46. The van der Waals surface area contributed by atoms with Gasteiger partial charge in [-0.25, -0.2) is 0 Å². The fourth-order valence-corrected chi connectivity index (χ4v) is 2.71. The van der Waals surface area contributed by atoms with Crippen molar-refractivity contribution in [3.05, 3.63) is 35.4 Å². The molecule has 1 fully saturated rings. The average Bonchev–Trinajstić information content (AvgIpc) is 2.92. The van der Waals surface area contributed by atoms with E-state index < -0.39 is 17.5 Å². The third-order valence-electron chi connectivity index (χ3n) is 4.28. The number of carbonyl (C=O) groups is 2. The smallest absolute Gasteiger partial charge is 0.308 e. The maximum Gasteiger partial charge on any atom is 0.308 e. The topological polar surface area (TPSA) is 75.6 Å². The predicted molar refractivity (Wildman–Crippen MR) is 82.6 cm³/mol. The van der Waals surface area contributed by atoms with Crippen LogP contribution in [0.2, 0.25) is 0 Å². The molecule has 1 heterocycles. The van der Waals surface area contributed by atoms with Gasteiger partial charge in [-0.15, -0.1) is 0 Å². The van der Waals surface area contributed by atoms with Gasteiger partial charge in [0.05, 0.1) is 5.92 Å². The van der Waals surface area contributed by atoms with Gasteiger partial charge >= 0.3 is 5.97 Å². The third-order valence-corrected chi connectivity index (χ3v) is 4.28. The van der Waals surface area contributed by atoms with Crippen molar-refractivity contribution >= 4 is 11.9 Å². The molecule has 22 heavy (non-hydrogen) atoms. The van der Waals surface area contributed by atoms with Crippen LogP contribution in [0.15, 0.2) is 24.3 Å². The number of hydrogen-bond acceptors (Lipinski definition) is 3. The largest absolute Gasteiger partial charge is 0.481 e. The Morgan fingerprint density at radius 1 is 1.41 bits per heavy atom. The Hall–Kier alpha value is -1.88. The first kappa shape index (κ1) is 16.5. The van der Waals surface area contributed by atoms with E-state index in [1.54, 1.807) is 6.92 Å². The Morgan fingerprint density at radius 2 is 2.14 bits per heavy atom. The standard InChI is InChI=1S/C17H23NO4/c1-12-6-3-4-7-13(12)10-14(15(19)20)11-18-16(21)17(2)8-5-9-22-17/h3-4,6-7,14H,5,8-11H2,1-2H3,(H,18,21)(H,19,20)/t14-,17+/m0/s1. The van der Waals surface area contributed by atoms with Gasteiger partial charge in [0.1, 0.15) is 5.60 Å². The Labute approximate surface area is 130 Å². The van der Waals surface area contributed by atoms with Crippen molar-refractivity contribution in [2.24, 2.45) is 5.92 Å². The highest BCUT2D eigenvalue weighted by Gasteiger charge is 2.38. The summed E-state index contributed by atoms with van der Waals surface area (Å²) in [5, 5.41) is 12.1. The zero-order chi connectivity index (χ0) is 16.2. The molecule has 1 aromatic rings. The van der Waals surface area contributed by atoms with Crippen molar-refractivity contribution in [1.29, 1.82) is 0 Å². The summed E-state index contributed by atoms with van der Waals surface area (Å²) in [6.45, 7) is 4.41. The SMILES string of the molecule is Cc1ccccc1C[C@@H](CNC(=O)[C@@]1(C)CCCO1)C(=O)O. The zero-order valence-electron chi connectivity index (χ0n) is 13.1. The van der Waals surface area contributed by atoms with Crippen LogP contribution in [0.3, 0.4) is 0 Å². The minimum atomic E-state index is -0.902. The van der Waals surface area contributed by atoms with E-state index in [1.807, 2.05) is 31.2 Å². The van der Waals surface area contributed by atoms with E-state index >= 15 is 0 Å². The molecule has 1 aliphatic rings. The number of rotatable bonds is 6. The molecule has 1 amide bonds. The number of aliphatic carboxylic acids is 1. The lowest BCUT2D eigenvalue weighted by molar-refractivity contribution is -0.143. The van der Waals surface area contributed by atoms with Gasteiger partial charge < -0.3 is 15.2 Å². The van der Waals surface area contributed by atoms with Gasteiger partial charge in [-0.3, -0.25) is 9.59 Å². The van der Waals surface area contributed by atoms with Crippen molar-refractivity contribution in [2.75, 3.05) is 13.2 Å². The Balaban J connectivity index is 1.96. The molecule has 0 unspecified atom stereocenters. The van der Waals surface area contributed by atoms with Crippen LogP contribution in [-0.2, 0) is 20.7 Å². The molecule has 0 aliphatic carbocycles. The van der Waals surface area contributed by atoms with Gasteiger partial charge in [-0.05, 0) is 44.2 Å². The van der Waals surface area contributed by atoms with Crippen LogP contribution in [-0.4, -0.2) is 35.7 Å². The molecule has 0 bridgehead atoms. The number of carboxylic acid groups (broad SMARTS) is 1. The highest BCUT2D eigenvalue weighted by atomic mass is 16.5. The molecule has 1 aliphatic heterocycles. The molecular weight excluding hydrogens is 282 g/mol. The second-order valence-corrected chi connectivity index (χ2v) is 6.06. The summed E-state index contributed by atoms with van der Waals surface area (Å²) >= 11 is 0. The van der Waals surface area contributed by atoms with Crippen LogP contribution in [0.25, 0.3) is 0 Å². The molecule has 1 aromatic carbocycles. The first-order valence-corrected chi connectivity index (χ1v) is 7.62.